The highest BCUT2D eigenvalue weighted by molar-refractivity contribution is 5.99. The second kappa shape index (κ2) is 9.17. The Labute approximate surface area is 154 Å². The van der Waals surface area contributed by atoms with Crippen molar-refractivity contribution in [1.82, 2.24) is 10.2 Å². The van der Waals surface area contributed by atoms with E-state index in [0.717, 1.165) is 18.0 Å². The monoisotopic (exact) mass is 367 g/mol. The largest absolute Gasteiger partial charge is 0.378 e. The summed E-state index contributed by atoms with van der Waals surface area (Å²) in [6.07, 6.45) is 2.53. The number of rotatable bonds is 6. The number of anilines is 1. The summed E-state index contributed by atoms with van der Waals surface area (Å²) < 4.78 is 5.29. The molecule has 1 aliphatic carbocycles. The molecule has 0 bridgehead atoms. The van der Waals surface area contributed by atoms with E-state index in [2.05, 4.69) is 10.6 Å². The van der Waals surface area contributed by atoms with Gasteiger partial charge in [-0.15, -0.1) is 12.4 Å². The van der Waals surface area contributed by atoms with E-state index in [1.165, 1.54) is 12.8 Å². The lowest BCUT2D eigenvalue weighted by Crippen LogP contribution is -2.41. The first kappa shape index (κ1) is 19.7. The molecular formula is C18H26ClN3O3. The van der Waals surface area contributed by atoms with Crippen LogP contribution >= 0.6 is 12.4 Å². The molecule has 1 heterocycles. The number of hydrogen-bond donors (Lipinski definition) is 2. The number of carbonyl (C=O) groups excluding carboxylic acids is 2. The highest BCUT2D eigenvalue weighted by atomic mass is 35.5. The van der Waals surface area contributed by atoms with Crippen molar-refractivity contribution in [2.45, 2.75) is 19.8 Å². The Hall–Kier alpha value is -1.63. The fraction of sp³-hybridized carbons (Fsp3) is 0.556. The Kier molecular flexibility index (Phi) is 7.23. The first-order valence-electron chi connectivity index (χ1n) is 8.62. The van der Waals surface area contributed by atoms with Crippen LogP contribution in [-0.2, 0) is 9.53 Å². The second-order valence-electron chi connectivity index (χ2n) is 6.51. The van der Waals surface area contributed by atoms with Crippen molar-refractivity contribution in [1.29, 1.82) is 0 Å². The van der Waals surface area contributed by atoms with Crippen LogP contribution in [0.15, 0.2) is 18.2 Å². The molecule has 1 aliphatic heterocycles. The summed E-state index contributed by atoms with van der Waals surface area (Å²) in [6.45, 7) is 5.46. The molecule has 2 N–H and O–H groups in total. The molecule has 2 amide bonds. The minimum Gasteiger partial charge on any atom is -0.378 e. The van der Waals surface area contributed by atoms with Crippen molar-refractivity contribution in [3.63, 3.8) is 0 Å². The summed E-state index contributed by atoms with van der Waals surface area (Å²) in [5.41, 5.74) is 2.15. The van der Waals surface area contributed by atoms with E-state index in [1.807, 2.05) is 25.1 Å². The maximum atomic E-state index is 12.7. The molecule has 1 aromatic rings. The van der Waals surface area contributed by atoms with E-state index in [-0.39, 0.29) is 24.2 Å². The third-order valence-corrected chi connectivity index (χ3v) is 4.55. The van der Waals surface area contributed by atoms with Gasteiger partial charge in [-0.2, -0.15) is 0 Å². The Balaban J connectivity index is 0.00000225. The zero-order valence-corrected chi connectivity index (χ0v) is 15.4. The normalized spacial score (nSPS) is 16.9. The molecule has 0 unspecified atom stereocenters. The molecule has 1 aromatic carbocycles. The zero-order valence-electron chi connectivity index (χ0n) is 14.5. The number of hydrogen-bond acceptors (Lipinski definition) is 4. The highest BCUT2D eigenvalue weighted by Gasteiger charge is 2.22. The predicted octanol–water partition coefficient (Wildman–Crippen LogP) is 1.83. The van der Waals surface area contributed by atoms with Gasteiger partial charge in [-0.3, -0.25) is 9.59 Å². The van der Waals surface area contributed by atoms with Gasteiger partial charge in [0, 0.05) is 24.3 Å². The molecule has 1 saturated carbocycles. The number of amides is 2. The molecule has 7 heteroatoms. The second-order valence-corrected chi connectivity index (χ2v) is 6.51. The van der Waals surface area contributed by atoms with E-state index in [0.29, 0.717) is 44.1 Å². The smallest absolute Gasteiger partial charge is 0.254 e. The minimum absolute atomic E-state index is 0. The fourth-order valence-corrected chi connectivity index (χ4v) is 2.85. The third kappa shape index (κ3) is 5.42. The van der Waals surface area contributed by atoms with Crippen molar-refractivity contribution >= 4 is 29.9 Å². The van der Waals surface area contributed by atoms with Gasteiger partial charge < -0.3 is 20.3 Å². The lowest BCUT2D eigenvalue weighted by Gasteiger charge is -2.27. The van der Waals surface area contributed by atoms with Crippen LogP contribution in [0.2, 0.25) is 0 Å². The van der Waals surface area contributed by atoms with E-state index in [1.54, 1.807) is 4.90 Å². The number of nitrogens with one attached hydrogen (secondary N) is 2. The maximum absolute atomic E-state index is 12.7. The van der Waals surface area contributed by atoms with E-state index in [9.17, 15) is 9.59 Å². The summed E-state index contributed by atoms with van der Waals surface area (Å²) in [5.74, 6) is 0.669. The van der Waals surface area contributed by atoms with Gasteiger partial charge in [0.1, 0.15) is 0 Å². The highest BCUT2D eigenvalue weighted by Crippen LogP contribution is 2.27. The van der Waals surface area contributed by atoms with Crippen LogP contribution in [0.1, 0.15) is 28.8 Å². The van der Waals surface area contributed by atoms with Crippen molar-refractivity contribution in [2.24, 2.45) is 5.92 Å². The van der Waals surface area contributed by atoms with Crippen molar-refractivity contribution in [2.75, 3.05) is 44.7 Å². The molecular weight excluding hydrogens is 342 g/mol. The molecule has 0 radical (unpaired) electrons. The summed E-state index contributed by atoms with van der Waals surface area (Å²) in [7, 11) is 0. The lowest BCUT2D eigenvalue weighted by atomic mass is 10.0. The Morgan fingerprint density at radius 3 is 2.64 bits per heavy atom. The molecule has 138 valence electrons. The minimum atomic E-state index is -0.0743. The quantitative estimate of drug-likeness (QED) is 0.804. The molecule has 0 spiro atoms. The van der Waals surface area contributed by atoms with Crippen molar-refractivity contribution < 1.29 is 14.3 Å². The van der Waals surface area contributed by atoms with Gasteiger partial charge in [-0.1, -0.05) is 6.07 Å². The van der Waals surface area contributed by atoms with Crippen LogP contribution in [0, 0.1) is 12.8 Å². The average Bonchev–Trinajstić information content (AvgIpc) is 3.41. The van der Waals surface area contributed by atoms with Gasteiger partial charge in [0.15, 0.2) is 0 Å². The van der Waals surface area contributed by atoms with Crippen LogP contribution in [0.5, 0.6) is 0 Å². The van der Waals surface area contributed by atoms with Crippen LogP contribution in [0.3, 0.4) is 0 Å². The number of benzene rings is 1. The summed E-state index contributed by atoms with van der Waals surface area (Å²) in [4.78, 5) is 26.5. The van der Waals surface area contributed by atoms with Crippen molar-refractivity contribution in [3.8, 4) is 0 Å². The summed E-state index contributed by atoms with van der Waals surface area (Å²) >= 11 is 0. The Bertz CT molecular complexity index is 614. The number of halogens is 1. The van der Waals surface area contributed by atoms with Crippen LogP contribution in [0.4, 0.5) is 5.69 Å². The van der Waals surface area contributed by atoms with E-state index >= 15 is 0 Å². The fourth-order valence-electron chi connectivity index (χ4n) is 2.85. The average molecular weight is 368 g/mol. The molecule has 2 fully saturated rings. The van der Waals surface area contributed by atoms with Gasteiger partial charge in [0.25, 0.3) is 5.91 Å². The molecule has 25 heavy (non-hydrogen) atoms. The number of nitrogens with zero attached hydrogens (tertiary/aromatic N) is 1. The maximum Gasteiger partial charge on any atom is 0.254 e. The van der Waals surface area contributed by atoms with Crippen LogP contribution < -0.4 is 10.6 Å². The van der Waals surface area contributed by atoms with E-state index < -0.39 is 0 Å². The molecule has 2 aliphatic rings. The zero-order chi connectivity index (χ0) is 16.9. The van der Waals surface area contributed by atoms with Gasteiger partial charge >= 0.3 is 0 Å². The van der Waals surface area contributed by atoms with Gasteiger partial charge in [-0.05, 0) is 49.9 Å². The van der Waals surface area contributed by atoms with Gasteiger partial charge in [-0.25, -0.2) is 0 Å². The molecule has 3 rings (SSSR count). The van der Waals surface area contributed by atoms with Crippen LogP contribution in [-0.4, -0.2) is 56.1 Å². The predicted molar refractivity (Wildman–Crippen MR) is 99.4 cm³/mol. The topological polar surface area (TPSA) is 70.7 Å². The van der Waals surface area contributed by atoms with Gasteiger partial charge in [0.05, 0.1) is 19.8 Å². The first-order chi connectivity index (χ1) is 11.6. The third-order valence-electron chi connectivity index (χ3n) is 4.55. The molecule has 1 saturated heterocycles. The number of morpholine rings is 1. The SMILES string of the molecule is Cc1c(NC(=O)CNCC2CC2)cccc1C(=O)N1CCOCC1.Cl. The van der Waals surface area contributed by atoms with Crippen LogP contribution in [0.25, 0.3) is 0 Å². The standard InChI is InChI=1S/C18H25N3O3.ClH/c1-13-15(18(23)21-7-9-24-10-8-21)3-2-4-16(13)20-17(22)12-19-11-14-5-6-14;/h2-4,14,19H,5-12H2,1H3,(H,20,22);1H. The van der Waals surface area contributed by atoms with Crippen molar-refractivity contribution in [3.05, 3.63) is 29.3 Å². The summed E-state index contributed by atoms with van der Waals surface area (Å²) in [6, 6.07) is 5.46. The lowest BCUT2D eigenvalue weighted by molar-refractivity contribution is -0.115. The Morgan fingerprint density at radius 1 is 1.24 bits per heavy atom. The molecule has 0 aromatic heterocycles. The first-order valence-corrected chi connectivity index (χ1v) is 8.62. The Morgan fingerprint density at radius 2 is 1.96 bits per heavy atom. The van der Waals surface area contributed by atoms with E-state index in [4.69, 9.17) is 4.74 Å². The molecule has 6 nitrogen and oxygen atoms in total. The van der Waals surface area contributed by atoms with Gasteiger partial charge in [0.2, 0.25) is 5.91 Å². The number of ether oxygens (including phenoxy) is 1. The molecule has 0 atom stereocenters. The number of carbonyl (C=O) groups is 2. The summed E-state index contributed by atoms with van der Waals surface area (Å²) in [5, 5.41) is 6.08.